The fourth-order valence-corrected chi connectivity index (χ4v) is 4.31. The van der Waals surface area contributed by atoms with Crippen LogP contribution >= 0.6 is 0 Å². The number of aliphatic carboxylic acids is 1. The van der Waals surface area contributed by atoms with E-state index in [4.69, 9.17) is 0 Å². The number of hydrogen-bond acceptors (Lipinski definition) is 2. The molecule has 0 aromatic heterocycles. The zero-order chi connectivity index (χ0) is 13.9. The summed E-state index contributed by atoms with van der Waals surface area (Å²) in [6, 6.07) is 0.319. The lowest BCUT2D eigenvalue weighted by atomic mass is 9.82. The van der Waals surface area contributed by atoms with Gasteiger partial charge in [-0.3, -0.25) is 9.59 Å². The van der Waals surface area contributed by atoms with Crippen LogP contribution in [0.5, 0.6) is 0 Å². The van der Waals surface area contributed by atoms with Gasteiger partial charge in [0.2, 0.25) is 5.91 Å². The monoisotopic (exact) mass is 275 g/mol. The maximum Gasteiger partial charge on any atom is 0.307 e. The molecule has 2 bridgehead atoms. The highest BCUT2D eigenvalue weighted by Gasteiger charge is 2.53. The molecule has 3 saturated carbocycles. The van der Waals surface area contributed by atoms with Crippen LogP contribution in [0.1, 0.15) is 32.1 Å². The van der Waals surface area contributed by atoms with Gasteiger partial charge < -0.3 is 10.4 Å². The third-order valence-corrected chi connectivity index (χ3v) is 5.62. The summed E-state index contributed by atoms with van der Waals surface area (Å²) in [6.07, 6.45) is 9.78. The van der Waals surface area contributed by atoms with Crippen molar-refractivity contribution in [3.05, 3.63) is 12.2 Å². The minimum absolute atomic E-state index is 0.00181. The average Bonchev–Trinajstić information content (AvgIpc) is 3.34. The Morgan fingerprint density at radius 1 is 1.00 bits per heavy atom. The Kier molecular flexibility index (Phi) is 2.69. The second kappa shape index (κ2) is 4.34. The maximum atomic E-state index is 12.6. The van der Waals surface area contributed by atoms with E-state index < -0.39 is 11.9 Å². The van der Waals surface area contributed by atoms with Crippen molar-refractivity contribution < 1.29 is 14.7 Å². The lowest BCUT2D eigenvalue weighted by Crippen LogP contribution is -2.46. The van der Waals surface area contributed by atoms with Gasteiger partial charge in [-0.15, -0.1) is 0 Å². The van der Waals surface area contributed by atoms with Gasteiger partial charge in [0, 0.05) is 6.04 Å². The van der Waals surface area contributed by atoms with Crippen LogP contribution < -0.4 is 5.32 Å². The van der Waals surface area contributed by atoms with Crippen molar-refractivity contribution in [1.82, 2.24) is 5.32 Å². The molecule has 4 aliphatic carbocycles. The molecular weight excluding hydrogens is 254 g/mol. The third kappa shape index (κ3) is 1.97. The Balaban J connectivity index is 1.49. The number of allylic oxidation sites excluding steroid dienone is 2. The summed E-state index contributed by atoms with van der Waals surface area (Å²) in [7, 11) is 0. The molecule has 0 spiro atoms. The van der Waals surface area contributed by atoms with Crippen LogP contribution in [-0.4, -0.2) is 23.0 Å². The number of carboxylic acid groups (broad SMARTS) is 1. The third-order valence-electron chi connectivity index (χ3n) is 5.62. The van der Waals surface area contributed by atoms with E-state index in [2.05, 4.69) is 11.4 Å². The predicted octanol–water partition coefficient (Wildman–Crippen LogP) is 1.81. The summed E-state index contributed by atoms with van der Waals surface area (Å²) in [5, 5.41) is 12.6. The molecule has 4 unspecified atom stereocenters. The minimum atomic E-state index is -0.809. The molecule has 4 atom stereocenters. The van der Waals surface area contributed by atoms with Crippen molar-refractivity contribution in [3.8, 4) is 0 Å². The minimum Gasteiger partial charge on any atom is -0.481 e. The summed E-state index contributed by atoms with van der Waals surface area (Å²) in [5.41, 5.74) is 0. The summed E-state index contributed by atoms with van der Waals surface area (Å²) >= 11 is 0. The Labute approximate surface area is 118 Å². The van der Waals surface area contributed by atoms with Gasteiger partial charge in [0.1, 0.15) is 0 Å². The van der Waals surface area contributed by atoms with Crippen molar-refractivity contribution in [2.75, 3.05) is 0 Å². The second-order valence-corrected chi connectivity index (χ2v) is 7.05. The molecule has 2 N–H and O–H groups in total. The van der Waals surface area contributed by atoms with E-state index in [1.807, 2.05) is 6.08 Å². The summed E-state index contributed by atoms with van der Waals surface area (Å²) in [4.78, 5) is 24.1. The summed E-state index contributed by atoms with van der Waals surface area (Å²) in [5.74, 6) is -0.151. The number of fused-ring (bicyclic) bond motifs is 2. The number of nitrogens with one attached hydrogen (secondary N) is 1. The normalized spacial score (nSPS) is 38.5. The number of rotatable bonds is 5. The smallest absolute Gasteiger partial charge is 0.307 e. The first kappa shape index (κ1) is 12.4. The van der Waals surface area contributed by atoms with Crippen molar-refractivity contribution in [3.63, 3.8) is 0 Å². The molecule has 1 amide bonds. The van der Waals surface area contributed by atoms with E-state index in [0.29, 0.717) is 17.9 Å². The Morgan fingerprint density at radius 3 is 2.05 bits per heavy atom. The van der Waals surface area contributed by atoms with Gasteiger partial charge in [0.05, 0.1) is 11.8 Å². The van der Waals surface area contributed by atoms with Gasteiger partial charge in [-0.1, -0.05) is 12.2 Å². The lowest BCUT2D eigenvalue weighted by molar-refractivity contribution is -0.148. The van der Waals surface area contributed by atoms with E-state index in [1.165, 1.54) is 25.7 Å². The van der Waals surface area contributed by atoms with Gasteiger partial charge >= 0.3 is 5.97 Å². The van der Waals surface area contributed by atoms with Gasteiger partial charge in [-0.05, 0) is 55.8 Å². The topological polar surface area (TPSA) is 66.4 Å². The SMILES string of the molecule is O=C(O)C1C2C=CC(C2)C1C(=O)NC(C1CC1)C1CC1. The van der Waals surface area contributed by atoms with Crippen molar-refractivity contribution in [2.45, 2.75) is 38.1 Å². The van der Waals surface area contributed by atoms with Gasteiger partial charge in [-0.25, -0.2) is 0 Å². The van der Waals surface area contributed by atoms with Crippen LogP contribution in [0.2, 0.25) is 0 Å². The Bertz CT molecular complexity index is 466. The van der Waals surface area contributed by atoms with Crippen LogP contribution in [-0.2, 0) is 9.59 Å². The van der Waals surface area contributed by atoms with Crippen molar-refractivity contribution >= 4 is 11.9 Å². The number of carboxylic acids is 1. The van der Waals surface area contributed by atoms with E-state index in [0.717, 1.165) is 6.42 Å². The number of hydrogen-bond donors (Lipinski definition) is 2. The lowest BCUT2D eigenvalue weighted by Gasteiger charge is -2.27. The molecule has 4 rings (SSSR count). The summed E-state index contributed by atoms with van der Waals surface area (Å²) in [6.45, 7) is 0. The predicted molar refractivity (Wildman–Crippen MR) is 72.7 cm³/mol. The molecular formula is C16H21NO3. The summed E-state index contributed by atoms with van der Waals surface area (Å²) < 4.78 is 0. The Hall–Kier alpha value is -1.32. The van der Waals surface area contributed by atoms with E-state index in [9.17, 15) is 14.7 Å². The van der Waals surface area contributed by atoms with Crippen LogP contribution in [0.25, 0.3) is 0 Å². The fraction of sp³-hybridized carbons (Fsp3) is 0.750. The molecule has 4 heteroatoms. The van der Waals surface area contributed by atoms with Crippen LogP contribution in [0, 0.1) is 35.5 Å². The number of carbonyl (C=O) groups excluding carboxylic acids is 1. The zero-order valence-corrected chi connectivity index (χ0v) is 11.5. The molecule has 3 fully saturated rings. The highest BCUT2D eigenvalue weighted by Crippen LogP contribution is 2.49. The first-order chi connectivity index (χ1) is 9.65. The van der Waals surface area contributed by atoms with Gasteiger partial charge in [0.15, 0.2) is 0 Å². The standard InChI is InChI=1S/C16H21NO3/c18-15(17-14(8-1-2-8)9-3-4-9)12-10-5-6-11(7-10)13(12)16(19)20/h5-6,8-14H,1-4,7H2,(H,17,18)(H,19,20). The maximum absolute atomic E-state index is 12.6. The highest BCUT2D eigenvalue weighted by molar-refractivity contribution is 5.87. The van der Waals surface area contributed by atoms with Gasteiger partial charge in [0.25, 0.3) is 0 Å². The molecule has 0 aromatic rings. The molecule has 4 nitrogen and oxygen atoms in total. The molecule has 0 aliphatic heterocycles. The Morgan fingerprint density at radius 2 is 1.55 bits per heavy atom. The molecule has 108 valence electrons. The van der Waals surface area contributed by atoms with Crippen molar-refractivity contribution in [2.24, 2.45) is 35.5 Å². The van der Waals surface area contributed by atoms with Crippen LogP contribution in [0.3, 0.4) is 0 Å². The molecule has 0 saturated heterocycles. The largest absolute Gasteiger partial charge is 0.481 e. The van der Waals surface area contributed by atoms with Gasteiger partial charge in [-0.2, -0.15) is 0 Å². The fourth-order valence-electron chi connectivity index (χ4n) is 4.31. The first-order valence-corrected chi connectivity index (χ1v) is 7.86. The van der Waals surface area contributed by atoms with E-state index in [1.54, 1.807) is 0 Å². The number of amides is 1. The second-order valence-electron chi connectivity index (χ2n) is 7.05. The molecule has 20 heavy (non-hydrogen) atoms. The molecule has 0 heterocycles. The van der Waals surface area contributed by atoms with Crippen molar-refractivity contribution in [1.29, 1.82) is 0 Å². The van der Waals surface area contributed by atoms with Crippen LogP contribution in [0.15, 0.2) is 12.2 Å². The molecule has 0 radical (unpaired) electrons. The van der Waals surface area contributed by atoms with Crippen LogP contribution in [0.4, 0.5) is 0 Å². The highest BCUT2D eigenvalue weighted by atomic mass is 16.4. The first-order valence-electron chi connectivity index (χ1n) is 7.86. The van der Waals surface area contributed by atoms with E-state index in [-0.39, 0.29) is 23.7 Å². The molecule has 4 aliphatic rings. The quantitative estimate of drug-likeness (QED) is 0.752. The average molecular weight is 275 g/mol. The van der Waals surface area contributed by atoms with E-state index >= 15 is 0 Å². The zero-order valence-electron chi connectivity index (χ0n) is 11.5. The number of carbonyl (C=O) groups is 2. The molecule has 0 aromatic carbocycles.